The highest BCUT2D eigenvalue weighted by Gasteiger charge is 2.72. The molecule has 6 atom stereocenters. The number of ether oxygens (including phenoxy) is 1. The molecule has 0 radical (unpaired) electrons. The fraction of sp³-hybridized carbons (Fsp3) is 0.656. The number of carbonyl (C=O) groups is 3. The number of rotatable bonds is 9. The van der Waals surface area contributed by atoms with Crippen LogP contribution >= 0.6 is 11.8 Å². The lowest BCUT2D eigenvalue weighted by molar-refractivity contribution is -0.141. The molecule has 1 spiro atoms. The number of amides is 3. The van der Waals surface area contributed by atoms with Gasteiger partial charge in [0, 0.05) is 35.8 Å². The summed E-state index contributed by atoms with van der Waals surface area (Å²) in [6.45, 7) is 4.43. The number of benzene rings is 1. The third kappa shape index (κ3) is 5.34. The average Bonchev–Trinajstić information content (AvgIpc) is 3.64. The van der Waals surface area contributed by atoms with Gasteiger partial charge in [-0.25, -0.2) is 0 Å². The Morgan fingerprint density at radius 3 is 2.66 bits per heavy atom. The molecule has 1 aromatic carbocycles. The molecule has 6 rings (SSSR count). The Hall–Kier alpha value is -2.36. The molecule has 4 fully saturated rings. The quantitative estimate of drug-likeness (QED) is 0.336. The van der Waals surface area contributed by atoms with Gasteiger partial charge in [0.15, 0.2) is 0 Å². The summed E-state index contributed by atoms with van der Waals surface area (Å²) in [7, 11) is 0. The minimum absolute atomic E-state index is 0.126. The third-order valence-electron chi connectivity index (χ3n) is 10.1. The number of nitrogens with zero attached hydrogens (tertiary/aromatic N) is 2. The lowest BCUT2D eigenvalue weighted by Gasteiger charge is -2.38. The van der Waals surface area contributed by atoms with Gasteiger partial charge < -0.3 is 20.3 Å². The van der Waals surface area contributed by atoms with Gasteiger partial charge in [-0.3, -0.25) is 19.3 Å². The zero-order valence-electron chi connectivity index (χ0n) is 24.3. The van der Waals surface area contributed by atoms with Crippen molar-refractivity contribution >= 4 is 35.2 Å². The van der Waals surface area contributed by atoms with Crippen molar-refractivity contribution in [3.05, 3.63) is 36.4 Å². The maximum Gasteiger partial charge on any atom is 0.246 e. The van der Waals surface area contributed by atoms with Crippen LogP contribution in [0.3, 0.4) is 0 Å². The lowest BCUT2D eigenvalue weighted by atomic mass is 9.74. The molecule has 1 aromatic rings. The smallest absolute Gasteiger partial charge is 0.246 e. The summed E-state index contributed by atoms with van der Waals surface area (Å²) in [5, 5.41) is 6.34. The summed E-state index contributed by atoms with van der Waals surface area (Å²) in [5.74, 6) is -1.90. The Morgan fingerprint density at radius 1 is 1.07 bits per heavy atom. The summed E-state index contributed by atoms with van der Waals surface area (Å²) in [6.07, 6.45) is 15.3. The van der Waals surface area contributed by atoms with Gasteiger partial charge in [-0.05, 0) is 63.1 Å². The second-order valence-electron chi connectivity index (χ2n) is 12.4. The Morgan fingerprint density at radius 2 is 1.88 bits per heavy atom. The first-order valence-electron chi connectivity index (χ1n) is 15.6. The number of piperidine rings is 1. The zero-order chi connectivity index (χ0) is 28.6. The van der Waals surface area contributed by atoms with E-state index >= 15 is 0 Å². The molecule has 2 N–H and O–H groups in total. The molecule has 9 heteroatoms. The average molecular weight is 581 g/mol. The number of nitrogens with one attached hydrogen (secondary N) is 2. The summed E-state index contributed by atoms with van der Waals surface area (Å²) in [6, 6.07) is 7.58. The third-order valence-corrected chi connectivity index (χ3v) is 10.8. The van der Waals surface area contributed by atoms with E-state index in [1.54, 1.807) is 16.7 Å². The molecule has 0 aromatic heterocycles. The number of hydrogen-bond donors (Lipinski definition) is 2. The summed E-state index contributed by atoms with van der Waals surface area (Å²) in [4.78, 5) is 47.4. The first-order valence-corrected chi connectivity index (χ1v) is 16.8. The fourth-order valence-electron chi connectivity index (χ4n) is 8.01. The molecule has 2 bridgehead atoms. The second-order valence-corrected chi connectivity index (χ2v) is 13.3. The van der Waals surface area contributed by atoms with Crippen molar-refractivity contribution in [1.29, 1.82) is 0 Å². The molecular weight excluding hydrogens is 536 g/mol. The van der Waals surface area contributed by atoms with Crippen molar-refractivity contribution < 1.29 is 19.1 Å². The normalized spacial score (nSPS) is 33.3. The van der Waals surface area contributed by atoms with Gasteiger partial charge in [0.1, 0.15) is 11.6 Å². The molecular formula is C32H44N4O4S. The summed E-state index contributed by atoms with van der Waals surface area (Å²) in [5.41, 5.74) is -0.414. The predicted molar refractivity (Wildman–Crippen MR) is 161 cm³/mol. The van der Waals surface area contributed by atoms with E-state index in [0.717, 1.165) is 56.5 Å². The van der Waals surface area contributed by atoms with Crippen molar-refractivity contribution in [3.63, 3.8) is 0 Å². The van der Waals surface area contributed by atoms with E-state index in [4.69, 9.17) is 4.74 Å². The molecule has 5 aliphatic rings. The van der Waals surface area contributed by atoms with E-state index in [2.05, 4.69) is 22.5 Å². The molecule has 1 aliphatic carbocycles. The SMILES string of the molecule is CC[C@@H]1CCCCN1CCN1C(=O)[C@H]2[C@H](C(=O)Nc3cccc(SC)c3)[C@H]3C=C[C@@]2(O3)[C@H]1C(=O)NC1CCCCC1. The van der Waals surface area contributed by atoms with E-state index in [1.165, 1.54) is 19.3 Å². The topological polar surface area (TPSA) is 91.0 Å². The van der Waals surface area contributed by atoms with Crippen LogP contribution in [0.1, 0.15) is 64.7 Å². The van der Waals surface area contributed by atoms with E-state index in [9.17, 15) is 14.4 Å². The fourth-order valence-corrected chi connectivity index (χ4v) is 8.47. The Labute approximate surface area is 248 Å². The van der Waals surface area contributed by atoms with Crippen molar-refractivity contribution in [3.8, 4) is 0 Å². The van der Waals surface area contributed by atoms with Crippen LogP contribution in [0.25, 0.3) is 0 Å². The number of fused-ring (bicyclic) bond motifs is 1. The first kappa shape index (κ1) is 28.7. The van der Waals surface area contributed by atoms with Gasteiger partial charge >= 0.3 is 0 Å². The van der Waals surface area contributed by atoms with E-state index in [-0.39, 0.29) is 23.8 Å². The standard InChI is InChI=1S/C32H44N4O4S/c1-3-23-13-7-8-17-35(23)18-19-36-28(30(38)33-21-10-5-4-6-11-21)32-16-15-25(40-32)26(27(32)31(36)39)29(37)34-22-12-9-14-24(20-22)41-2/h9,12,14-16,20-21,23,25-28H,3-8,10-11,13,17-19H2,1-2H3,(H,33,38)(H,34,37)/t23-,25-,26-,27-,28-,32+/m1/s1. The van der Waals surface area contributed by atoms with Gasteiger partial charge in [-0.2, -0.15) is 0 Å². The minimum Gasteiger partial charge on any atom is -0.359 e. The van der Waals surface area contributed by atoms with Crippen LogP contribution in [-0.4, -0.2) is 83.2 Å². The second kappa shape index (κ2) is 12.1. The van der Waals surface area contributed by atoms with Gasteiger partial charge in [-0.15, -0.1) is 11.8 Å². The monoisotopic (exact) mass is 580 g/mol. The maximum absolute atomic E-state index is 14.3. The number of anilines is 1. The molecule has 4 heterocycles. The van der Waals surface area contributed by atoms with Gasteiger partial charge in [0.25, 0.3) is 0 Å². The number of likely N-dealkylation sites (tertiary alicyclic amines) is 2. The van der Waals surface area contributed by atoms with E-state index in [1.807, 2.05) is 42.7 Å². The molecule has 0 unspecified atom stereocenters. The summed E-state index contributed by atoms with van der Waals surface area (Å²) >= 11 is 1.61. The highest BCUT2D eigenvalue weighted by molar-refractivity contribution is 7.98. The lowest BCUT2D eigenvalue weighted by Crippen LogP contribution is -2.57. The van der Waals surface area contributed by atoms with Crippen molar-refractivity contribution in [2.75, 3.05) is 31.2 Å². The van der Waals surface area contributed by atoms with Crippen LogP contribution in [-0.2, 0) is 19.1 Å². The highest BCUT2D eigenvalue weighted by atomic mass is 32.2. The van der Waals surface area contributed by atoms with Crippen LogP contribution in [0.5, 0.6) is 0 Å². The predicted octanol–water partition coefficient (Wildman–Crippen LogP) is 4.21. The number of hydrogen-bond acceptors (Lipinski definition) is 6. The Bertz CT molecular complexity index is 1190. The molecule has 8 nitrogen and oxygen atoms in total. The van der Waals surface area contributed by atoms with E-state index < -0.39 is 29.6 Å². The molecule has 4 aliphatic heterocycles. The maximum atomic E-state index is 14.3. The largest absolute Gasteiger partial charge is 0.359 e. The van der Waals surface area contributed by atoms with Gasteiger partial charge in [-0.1, -0.05) is 50.8 Å². The first-order chi connectivity index (χ1) is 19.9. The van der Waals surface area contributed by atoms with Crippen LogP contribution in [0.2, 0.25) is 0 Å². The number of carbonyl (C=O) groups excluding carboxylic acids is 3. The highest BCUT2D eigenvalue weighted by Crippen LogP contribution is 2.55. The van der Waals surface area contributed by atoms with Crippen LogP contribution < -0.4 is 10.6 Å². The van der Waals surface area contributed by atoms with Crippen molar-refractivity contribution in [1.82, 2.24) is 15.1 Å². The van der Waals surface area contributed by atoms with Crippen molar-refractivity contribution in [2.45, 2.75) is 99.4 Å². The Kier molecular flexibility index (Phi) is 8.48. The van der Waals surface area contributed by atoms with Crippen molar-refractivity contribution in [2.24, 2.45) is 11.8 Å². The molecule has 3 saturated heterocycles. The molecule has 41 heavy (non-hydrogen) atoms. The molecule has 1 saturated carbocycles. The van der Waals surface area contributed by atoms with Crippen LogP contribution in [0.15, 0.2) is 41.3 Å². The van der Waals surface area contributed by atoms with Crippen LogP contribution in [0, 0.1) is 11.8 Å². The van der Waals surface area contributed by atoms with E-state index in [0.29, 0.717) is 18.3 Å². The summed E-state index contributed by atoms with van der Waals surface area (Å²) < 4.78 is 6.54. The van der Waals surface area contributed by atoms with Gasteiger partial charge in [0.05, 0.1) is 17.9 Å². The van der Waals surface area contributed by atoms with Crippen LogP contribution in [0.4, 0.5) is 5.69 Å². The Balaban J connectivity index is 1.27. The van der Waals surface area contributed by atoms with Gasteiger partial charge in [0.2, 0.25) is 17.7 Å². The zero-order valence-corrected chi connectivity index (χ0v) is 25.2. The number of thioether (sulfide) groups is 1. The molecule has 3 amide bonds. The minimum atomic E-state index is -1.12. The molecule has 222 valence electrons.